The van der Waals surface area contributed by atoms with E-state index in [1.54, 1.807) is 60.5 Å². The van der Waals surface area contributed by atoms with Crippen molar-refractivity contribution in [2.45, 2.75) is 26.4 Å². The van der Waals surface area contributed by atoms with Gasteiger partial charge in [-0.25, -0.2) is 14.5 Å². The summed E-state index contributed by atoms with van der Waals surface area (Å²) < 4.78 is 19.1. The zero-order valence-electron chi connectivity index (χ0n) is 32.8. The molecule has 0 atom stereocenters. The largest absolute Gasteiger partial charge is 0.438 e. The first-order chi connectivity index (χ1) is 28.1. The molecule has 7 rings (SSSR count). The van der Waals surface area contributed by atoms with Gasteiger partial charge in [0.2, 0.25) is 11.8 Å². The number of fused-ring (bicyclic) bond motifs is 1. The molecule has 14 nitrogen and oxygen atoms in total. The number of aryl methyl sites for hydroxylation is 1. The van der Waals surface area contributed by atoms with E-state index >= 15 is 0 Å². The van der Waals surface area contributed by atoms with Crippen molar-refractivity contribution in [2.24, 2.45) is 0 Å². The van der Waals surface area contributed by atoms with Crippen LogP contribution in [0.25, 0.3) is 16.5 Å². The lowest BCUT2D eigenvalue weighted by atomic mass is 10.1. The number of hydrogen-bond acceptors (Lipinski definition) is 10. The highest BCUT2D eigenvalue weighted by Gasteiger charge is 2.26. The van der Waals surface area contributed by atoms with Crippen molar-refractivity contribution in [3.05, 3.63) is 120 Å². The zero-order valence-corrected chi connectivity index (χ0v) is 32.8. The van der Waals surface area contributed by atoms with Gasteiger partial charge in [0.25, 0.3) is 5.91 Å². The van der Waals surface area contributed by atoms with Crippen molar-refractivity contribution < 1.29 is 23.8 Å². The van der Waals surface area contributed by atoms with E-state index in [9.17, 15) is 9.59 Å². The molecule has 58 heavy (non-hydrogen) atoms. The van der Waals surface area contributed by atoms with Crippen LogP contribution < -0.4 is 26.0 Å². The summed E-state index contributed by atoms with van der Waals surface area (Å²) in [5, 5.41) is 18.4. The van der Waals surface area contributed by atoms with Gasteiger partial charge < -0.3 is 30.2 Å². The van der Waals surface area contributed by atoms with E-state index in [1.165, 1.54) is 0 Å². The van der Waals surface area contributed by atoms with Gasteiger partial charge in [-0.2, -0.15) is 10.1 Å². The zero-order chi connectivity index (χ0) is 40.6. The lowest BCUT2D eigenvalue weighted by molar-refractivity contribution is 0.0152. The molecule has 0 saturated carbocycles. The van der Waals surface area contributed by atoms with Gasteiger partial charge in [0.1, 0.15) is 17.2 Å². The molecule has 0 aliphatic carbocycles. The molecule has 0 spiro atoms. The molecule has 1 saturated heterocycles. The van der Waals surface area contributed by atoms with Crippen LogP contribution in [-0.2, 0) is 15.1 Å². The second-order valence-electron chi connectivity index (χ2n) is 14.2. The van der Waals surface area contributed by atoms with Crippen molar-refractivity contribution in [1.29, 1.82) is 0 Å². The number of rotatable bonds is 13. The van der Waals surface area contributed by atoms with E-state index < -0.39 is 11.6 Å². The molecule has 1 aliphatic heterocycles. The molecule has 3 amide bonds. The van der Waals surface area contributed by atoms with Crippen molar-refractivity contribution in [3.63, 3.8) is 0 Å². The fourth-order valence-electron chi connectivity index (χ4n) is 6.36. The van der Waals surface area contributed by atoms with E-state index in [0.717, 1.165) is 41.7 Å². The first kappa shape index (κ1) is 39.4. The van der Waals surface area contributed by atoms with Gasteiger partial charge in [0.15, 0.2) is 0 Å². The fourth-order valence-corrected chi connectivity index (χ4v) is 6.36. The Balaban J connectivity index is 1.05. The average molecular weight is 780 g/mol. The van der Waals surface area contributed by atoms with Crippen LogP contribution in [0, 0.1) is 19.3 Å². The van der Waals surface area contributed by atoms with E-state index in [0.29, 0.717) is 59.5 Å². The number of amides is 3. The maximum absolute atomic E-state index is 13.6. The second kappa shape index (κ2) is 17.6. The summed E-state index contributed by atoms with van der Waals surface area (Å²) in [6, 6.07) is 27.1. The minimum atomic E-state index is -0.687. The predicted octanol–water partition coefficient (Wildman–Crippen LogP) is 7.23. The number of hydrogen-bond donors (Lipinski definition) is 4. The minimum Gasteiger partial charge on any atom is -0.438 e. The molecule has 6 aromatic rings. The van der Waals surface area contributed by atoms with Gasteiger partial charge in [-0.1, -0.05) is 47.9 Å². The monoisotopic (exact) mass is 779 g/mol. The third-order valence-corrected chi connectivity index (χ3v) is 9.77. The standard InChI is InChI=1S/C44H45N9O5/c1-6-30-25-31(41(54)45-19-20-52-21-23-57-24-22-52)27-32(26-30)47-42-46-18-17-40(50-42)58-37-16-15-36(34-9-7-8-10-35(34)37)48-43(55)49-39-28-38(44(3,4)56-5)51-53(39)33-13-11-29(2)12-14-33/h1,7-18,25-28H,19-24H2,2-5H3,(H,45,54)(H,46,47,50)(H2,48,49,55). The number of benzene rings is 4. The number of methoxy groups -OCH3 is 1. The highest BCUT2D eigenvalue weighted by atomic mass is 16.5. The number of nitrogens with one attached hydrogen (secondary N) is 4. The maximum atomic E-state index is 13.6. The molecule has 0 unspecified atom stereocenters. The molecular formula is C44H45N9O5. The van der Waals surface area contributed by atoms with Gasteiger partial charge in [-0.15, -0.1) is 6.42 Å². The fraction of sp³-hybridized carbons (Fsp3) is 0.250. The summed E-state index contributed by atoms with van der Waals surface area (Å²) in [5.41, 5.74) is 3.93. The summed E-state index contributed by atoms with van der Waals surface area (Å²) in [5.74, 6) is 3.89. The summed E-state index contributed by atoms with van der Waals surface area (Å²) in [6.45, 7) is 10.2. The van der Waals surface area contributed by atoms with Crippen molar-refractivity contribution in [2.75, 3.05) is 62.5 Å². The molecule has 1 aliphatic rings. The molecule has 296 valence electrons. The van der Waals surface area contributed by atoms with E-state index in [4.69, 9.17) is 25.7 Å². The summed E-state index contributed by atoms with van der Waals surface area (Å²) >= 11 is 0. The Morgan fingerprint density at radius 2 is 1.72 bits per heavy atom. The molecule has 14 heteroatoms. The van der Waals surface area contributed by atoms with Gasteiger partial charge >= 0.3 is 6.03 Å². The predicted molar refractivity (Wildman–Crippen MR) is 224 cm³/mol. The number of terminal acetylenes is 1. The lowest BCUT2D eigenvalue weighted by Crippen LogP contribution is -2.41. The first-order valence-electron chi connectivity index (χ1n) is 18.9. The molecule has 0 radical (unpaired) electrons. The number of nitrogens with zero attached hydrogens (tertiary/aromatic N) is 5. The number of urea groups is 1. The topological polar surface area (TPSA) is 157 Å². The molecule has 4 aromatic carbocycles. The normalized spacial score (nSPS) is 13.1. The molecule has 1 fully saturated rings. The van der Waals surface area contributed by atoms with Gasteiger partial charge in [-0.05, 0) is 63.2 Å². The van der Waals surface area contributed by atoms with E-state index in [-0.39, 0.29) is 17.7 Å². The Hall–Kier alpha value is -6.79. The second-order valence-corrected chi connectivity index (χ2v) is 14.2. The van der Waals surface area contributed by atoms with Crippen LogP contribution in [0.15, 0.2) is 97.2 Å². The number of anilines is 4. The minimum absolute atomic E-state index is 0.233. The Bertz CT molecular complexity index is 2470. The highest BCUT2D eigenvalue weighted by Crippen LogP contribution is 2.35. The van der Waals surface area contributed by atoms with Crippen LogP contribution in [0.3, 0.4) is 0 Å². The van der Waals surface area contributed by atoms with Crippen molar-refractivity contribution >= 4 is 45.9 Å². The van der Waals surface area contributed by atoms with Crippen LogP contribution in [0.2, 0.25) is 0 Å². The molecule has 4 N–H and O–H groups in total. The van der Waals surface area contributed by atoms with Gasteiger partial charge in [0.05, 0.1) is 30.3 Å². The summed E-state index contributed by atoms with van der Waals surface area (Å²) in [4.78, 5) is 37.8. The quantitative estimate of drug-likeness (QED) is 0.0883. The molecule has 0 bridgehead atoms. The Morgan fingerprint density at radius 1 is 0.948 bits per heavy atom. The number of ether oxygens (including phenoxy) is 3. The lowest BCUT2D eigenvalue weighted by Gasteiger charge is -2.26. The summed E-state index contributed by atoms with van der Waals surface area (Å²) in [7, 11) is 1.62. The Labute approximate surface area is 336 Å². The molecule has 3 heterocycles. The molecule has 2 aromatic heterocycles. The van der Waals surface area contributed by atoms with Crippen LogP contribution >= 0.6 is 0 Å². The van der Waals surface area contributed by atoms with E-state index in [2.05, 4.69) is 42.1 Å². The Kier molecular flexibility index (Phi) is 11.9. The van der Waals surface area contributed by atoms with Gasteiger partial charge in [-0.3, -0.25) is 15.0 Å². The van der Waals surface area contributed by atoms with Gasteiger partial charge in [0, 0.05) is 79.2 Å². The highest BCUT2D eigenvalue weighted by molar-refractivity contribution is 6.07. The van der Waals surface area contributed by atoms with Crippen LogP contribution in [0.5, 0.6) is 11.6 Å². The van der Waals surface area contributed by atoms with Crippen molar-refractivity contribution in [3.8, 4) is 29.7 Å². The SMILES string of the molecule is C#Cc1cc(Nc2nccc(Oc3ccc(NC(=O)Nc4cc(C(C)(C)OC)nn4-c4ccc(C)cc4)c4ccccc34)n2)cc(C(=O)NCCN2CCOCC2)c1. The maximum Gasteiger partial charge on any atom is 0.324 e. The average Bonchev–Trinajstić information content (AvgIpc) is 3.66. The number of aromatic nitrogens is 4. The third-order valence-electron chi connectivity index (χ3n) is 9.77. The number of carbonyl (C=O) groups is 2. The third kappa shape index (κ3) is 9.42. The molecular weight excluding hydrogens is 735 g/mol. The smallest absolute Gasteiger partial charge is 0.324 e. The first-order valence-corrected chi connectivity index (χ1v) is 18.9. The van der Waals surface area contributed by atoms with Crippen LogP contribution in [0.4, 0.5) is 27.9 Å². The van der Waals surface area contributed by atoms with E-state index in [1.807, 2.05) is 69.3 Å². The number of morpholine rings is 1. The summed E-state index contributed by atoms with van der Waals surface area (Å²) in [6.07, 6.45) is 7.31. The number of carbonyl (C=O) groups excluding carboxylic acids is 2. The van der Waals surface area contributed by atoms with Crippen molar-refractivity contribution in [1.82, 2.24) is 30.0 Å². The van der Waals surface area contributed by atoms with Crippen LogP contribution in [-0.4, -0.2) is 83.1 Å². The Morgan fingerprint density at radius 3 is 2.48 bits per heavy atom. The van der Waals surface area contributed by atoms with Crippen LogP contribution in [0.1, 0.15) is 41.0 Å².